The number of nitrogens with zero attached hydrogens (tertiary/aromatic N) is 1. The molecular formula is C19H19Cl2F2N3O2. The maximum absolute atomic E-state index is 13.7. The van der Waals surface area contributed by atoms with E-state index in [2.05, 4.69) is 10.6 Å². The molecule has 1 unspecified atom stereocenters. The highest BCUT2D eigenvalue weighted by Crippen LogP contribution is 2.29. The molecule has 0 aliphatic heterocycles. The highest BCUT2D eigenvalue weighted by Gasteiger charge is 2.23. The van der Waals surface area contributed by atoms with Crippen LogP contribution in [-0.2, 0) is 9.59 Å². The summed E-state index contributed by atoms with van der Waals surface area (Å²) in [7, 11) is 0. The molecule has 0 aromatic heterocycles. The number of nitrogens with one attached hydrogen (secondary N) is 2. The Bertz CT molecular complexity index is 860. The molecule has 0 spiro atoms. The van der Waals surface area contributed by atoms with E-state index in [4.69, 9.17) is 23.2 Å². The van der Waals surface area contributed by atoms with Crippen LogP contribution in [0.2, 0.25) is 10.0 Å². The van der Waals surface area contributed by atoms with Gasteiger partial charge in [0.15, 0.2) is 0 Å². The highest BCUT2D eigenvalue weighted by atomic mass is 35.5. The lowest BCUT2D eigenvalue weighted by atomic mass is 10.2. The van der Waals surface area contributed by atoms with Gasteiger partial charge < -0.3 is 10.6 Å². The first-order chi connectivity index (χ1) is 13.2. The topological polar surface area (TPSA) is 61.4 Å². The van der Waals surface area contributed by atoms with E-state index in [1.807, 2.05) is 0 Å². The quantitative estimate of drug-likeness (QED) is 0.677. The molecule has 2 aromatic rings. The zero-order chi connectivity index (χ0) is 20.8. The van der Waals surface area contributed by atoms with Crippen molar-refractivity contribution in [2.45, 2.75) is 19.9 Å². The first-order valence-corrected chi connectivity index (χ1v) is 9.22. The third kappa shape index (κ3) is 5.64. The van der Waals surface area contributed by atoms with Crippen molar-refractivity contribution in [3.05, 3.63) is 58.1 Å². The van der Waals surface area contributed by atoms with Gasteiger partial charge in [0.1, 0.15) is 11.6 Å². The first-order valence-electron chi connectivity index (χ1n) is 8.46. The van der Waals surface area contributed by atoms with Crippen molar-refractivity contribution in [1.29, 1.82) is 0 Å². The van der Waals surface area contributed by atoms with Crippen molar-refractivity contribution in [2.75, 3.05) is 23.7 Å². The van der Waals surface area contributed by atoms with Gasteiger partial charge in [-0.3, -0.25) is 14.5 Å². The number of benzene rings is 2. The lowest BCUT2D eigenvalue weighted by molar-refractivity contribution is -0.123. The number of amides is 2. The molecular weight excluding hydrogens is 411 g/mol. The fourth-order valence-corrected chi connectivity index (χ4v) is 2.99. The standard InChI is InChI=1S/C19H19Cl2F2N3O2/c1-3-26(10-17(27)25-18-13(20)5-4-6-14(18)21)11(2)19(28)24-16-8-7-12(22)9-15(16)23/h4-9,11H,3,10H2,1-2H3,(H,24,28)(H,25,27). The summed E-state index contributed by atoms with van der Waals surface area (Å²) in [6.07, 6.45) is 0. The molecule has 0 aliphatic rings. The zero-order valence-electron chi connectivity index (χ0n) is 15.2. The van der Waals surface area contributed by atoms with Crippen molar-refractivity contribution in [1.82, 2.24) is 4.90 Å². The largest absolute Gasteiger partial charge is 0.322 e. The average Bonchev–Trinajstić information content (AvgIpc) is 2.64. The number of likely N-dealkylation sites (N-methyl/N-ethyl adjacent to an activating group) is 1. The van der Waals surface area contributed by atoms with Gasteiger partial charge in [-0.2, -0.15) is 0 Å². The highest BCUT2D eigenvalue weighted by molar-refractivity contribution is 6.39. The van der Waals surface area contributed by atoms with Gasteiger partial charge in [0, 0.05) is 6.07 Å². The molecule has 0 aliphatic carbocycles. The van der Waals surface area contributed by atoms with E-state index in [0.717, 1.165) is 12.1 Å². The normalized spacial score (nSPS) is 12.0. The second kappa shape index (κ2) is 9.82. The lowest BCUT2D eigenvalue weighted by Crippen LogP contribution is -2.45. The van der Waals surface area contributed by atoms with Gasteiger partial charge in [-0.25, -0.2) is 8.78 Å². The number of carbonyl (C=O) groups excluding carboxylic acids is 2. The van der Waals surface area contributed by atoms with E-state index in [1.54, 1.807) is 36.9 Å². The Morgan fingerprint density at radius 2 is 1.75 bits per heavy atom. The average molecular weight is 430 g/mol. The fraction of sp³-hybridized carbons (Fsp3) is 0.263. The number of hydrogen-bond acceptors (Lipinski definition) is 3. The Kier molecular flexibility index (Phi) is 7.74. The van der Waals surface area contributed by atoms with E-state index in [0.29, 0.717) is 22.7 Å². The molecule has 2 amide bonds. The molecule has 2 N–H and O–H groups in total. The van der Waals surface area contributed by atoms with Crippen molar-refractivity contribution < 1.29 is 18.4 Å². The summed E-state index contributed by atoms with van der Waals surface area (Å²) >= 11 is 12.1. The summed E-state index contributed by atoms with van der Waals surface area (Å²) in [5, 5.41) is 5.61. The van der Waals surface area contributed by atoms with Crippen molar-refractivity contribution in [2.24, 2.45) is 0 Å². The molecule has 0 saturated carbocycles. The Morgan fingerprint density at radius 1 is 1.11 bits per heavy atom. The Morgan fingerprint density at radius 3 is 2.32 bits per heavy atom. The molecule has 28 heavy (non-hydrogen) atoms. The molecule has 0 radical (unpaired) electrons. The summed E-state index contributed by atoms with van der Waals surface area (Å²) in [6.45, 7) is 3.62. The van der Waals surface area contributed by atoms with Crippen LogP contribution in [0.5, 0.6) is 0 Å². The first kappa shape index (κ1) is 22.1. The summed E-state index contributed by atoms with van der Waals surface area (Å²) in [5.74, 6) is -2.57. The molecule has 2 aromatic carbocycles. The molecule has 5 nitrogen and oxygen atoms in total. The summed E-state index contributed by atoms with van der Waals surface area (Å²) in [5.41, 5.74) is 0.152. The minimum Gasteiger partial charge on any atom is -0.322 e. The van der Waals surface area contributed by atoms with Crippen LogP contribution < -0.4 is 10.6 Å². The van der Waals surface area contributed by atoms with Gasteiger partial charge in [0.25, 0.3) is 0 Å². The van der Waals surface area contributed by atoms with Crippen LogP contribution in [-0.4, -0.2) is 35.8 Å². The molecule has 0 bridgehead atoms. The van der Waals surface area contributed by atoms with E-state index < -0.39 is 29.5 Å². The zero-order valence-corrected chi connectivity index (χ0v) is 16.7. The number of hydrogen-bond donors (Lipinski definition) is 2. The molecule has 0 fully saturated rings. The van der Waals surface area contributed by atoms with E-state index in [9.17, 15) is 18.4 Å². The minimum atomic E-state index is -0.880. The number of para-hydroxylation sites is 1. The number of carbonyl (C=O) groups is 2. The number of anilines is 2. The van der Waals surface area contributed by atoms with Crippen LogP contribution >= 0.6 is 23.2 Å². The van der Waals surface area contributed by atoms with E-state index in [-0.39, 0.29) is 17.9 Å². The second-order valence-corrected chi connectivity index (χ2v) is 6.81. The number of rotatable bonds is 7. The van der Waals surface area contributed by atoms with Crippen molar-refractivity contribution >= 4 is 46.4 Å². The Hall–Kier alpha value is -2.22. The molecule has 150 valence electrons. The van der Waals surface area contributed by atoms with E-state index in [1.165, 1.54) is 0 Å². The van der Waals surface area contributed by atoms with Crippen LogP contribution in [0.25, 0.3) is 0 Å². The van der Waals surface area contributed by atoms with Gasteiger partial charge in [-0.05, 0) is 37.7 Å². The van der Waals surface area contributed by atoms with Crippen LogP contribution in [0.1, 0.15) is 13.8 Å². The maximum atomic E-state index is 13.7. The lowest BCUT2D eigenvalue weighted by Gasteiger charge is -2.26. The summed E-state index contributed by atoms with van der Waals surface area (Å²) in [4.78, 5) is 26.4. The molecule has 0 saturated heterocycles. The van der Waals surface area contributed by atoms with Gasteiger partial charge >= 0.3 is 0 Å². The second-order valence-electron chi connectivity index (χ2n) is 6.00. The predicted molar refractivity (Wildman–Crippen MR) is 107 cm³/mol. The van der Waals surface area contributed by atoms with Crippen LogP contribution in [0, 0.1) is 11.6 Å². The van der Waals surface area contributed by atoms with Gasteiger partial charge in [-0.15, -0.1) is 0 Å². The summed E-state index contributed by atoms with van der Waals surface area (Å²) in [6, 6.07) is 6.95. The fourth-order valence-electron chi connectivity index (χ4n) is 2.50. The van der Waals surface area contributed by atoms with Crippen LogP contribution in [0.4, 0.5) is 20.2 Å². The third-order valence-electron chi connectivity index (χ3n) is 4.10. The van der Waals surface area contributed by atoms with E-state index >= 15 is 0 Å². The van der Waals surface area contributed by atoms with Crippen molar-refractivity contribution in [3.8, 4) is 0 Å². The Balaban J connectivity index is 2.02. The SMILES string of the molecule is CCN(CC(=O)Nc1c(Cl)cccc1Cl)C(C)C(=O)Nc1ccc(F)cc1F. The van der Waals surface area contributed by atoms with Gasteiger partial charge in [0.05, 0.1) is 34.0 Å². The smallest absolute Gasteiger partial charge is 0.241 e. The molecule has 1 atom stereocenters. The number of halogens is 4. The predicted octanol–water partition coefficient (Wildman–Crippen LogP) is 4.56. The maximum Gasteiger partial charge on any atom is 0.241 e. The van der Waals surface area contributed by atoms with Crippen LogP contribution in [0.3, 0.4) is 0 Å². The molecule has 2 rings (SSSR count). The van der Waals surface area contributed by atoms with Gasteiger partial charge in [-0.1, -0.05) is 36.2 Å². The van der Waals surface area contributed by atoms with Gasteiger partial charge in [0.2, 0.25) is 11.8 Å². The van der Waals surface area contributed by atoms with Crippen molar-refractivity contribution in [3.63, 3.8) is 0 Å². The molecule has 9 heteroatoms. The summed E-state index contributed by atoms with van der Waals surface area (Å²) < 4.78 is 26.7. The minimum absolute atomic E-state index is 0.113. The van der Waals surface area contributed by atoms with Crippen LogP contribution in [0.15, 0.2) is 36.4 Å². The third-order valence-corrected chi connectivity index (χ3v) is 4.73. The Labute approximate surface area is 171 Å². The molecule has 0 heterocycles. The monoisotopic (exact) mass is 429 g/mol.